The highest BCUT2D eigenvalue weighted by Gasteiger charge is 2.13. The molecule has 0 atom stereocenters. The van der Waals surface area contributed by atoms with Crippen LogP contribution in [0.15, 0.2) is 48.7 Å². The molecular weight excluding hydrogens is 286 g/mol. The lowest BCUT2D eigenvalue weighted by Gasteiger charge is -2.12. The summed E-state index contributed by atoms with van der Waals surface area (Å²) >= 11 is 6.37. The fourth-order valence-electron chi connectivity index (χ4n) is 2.45. The monoisotopic (exact) mass is 297 g/mol. The maximum absolute atomic E-state index is 11.2. The molecule has 21 heavy (non-hydrogen) atoms. The average molecular weight is 298 g/mol. The molecule has 0 radical (unpaired) electrons. The van der Waals surface area contributed by atoms with Crippen LogP contribution in [-0.2, 0) is 0 Å². The van der Waals surface area contributed by atoms with Crippen molar-refractivity contribution in [2.75, 3.05) is 0 Å². The number of hydrogen-bond acceptors (Lipinski definition) is 2. The van der Waals surface area contributed by atoms with Crippen LogP contribution in [0.3, 0.4) is 0 Å². The first-order valence-electron chi connectivity index (χ1n) is 6.45. The number of aromatic nitrogens is 1. The summed E-state index contributed by atoms with van der Waals surface area (Å²) in [5.74, 6) is -0.953. The minimum Gasteiger partial charge on any atom is -0.478 e. The Morgan fingerprint density at radius 1 is 1.19 bits per heavy atom. The predicted octanol–water partition coefficient (Wildman–Crippen LogP) is 4.56. The number of halogens is 1. The Hall–Kier alpha value is -2.39. The van der Waals surface area contributed by atoms with E-state index in [-0.39, 0.29) is 5.56 Å². The van der Waals surface area contributed by atoms with Gasteiger partial charge in [-0.25, -0.2) is 4.79 Å². The largest absolute Gasteiger partial charge is 0.478 e. The molecule has 0 fully saturated rings. The summed E-state index contributed by atoms with van der Waals surface area (Å²) in [6.45, 7) is 1.91. The van der Waals surface area contributed by atoms with E-state index in [1.54, 1.807) is 24.4 Å². The van der Waals surface area contributed by atoms with E-state index in [4.69, 9.17) is 11.6 Å². The molecule has 1 heterocycles. The molecule has 0 aliphatic rings. The number of aromatic carboxylic acids is 1. The van der Waals surface area contributed by atoms with Gasteiger partial charge in [-0.2, -0.15) is 0 Å². The van der Waals surface area contributed by atoms with Gasteiger partial charge in [-0.3, -0.25) is 4.98 Å². The van der Waals surface area contributed by atoms with Gasteiger partial charge in [0.05, 0.1) is 5.56 Å². The number of fused-ring (bicyclic) bond motifs is 1. The van der Waals surface area contributed by atoms with Crippen molar-refractivity contribution >= 4 is 28.3 Å². The SMILES string of the molecule is Cc1ncccc1-c1c(Cl)ccc2ccc(C(=O)O)cc12. The van der Waals surface area contributed by atoms with Crippen molar-refractivity contribution in [1.82, 2.24) is 4.98 Å². The van der Waals surface area contributed by atoms with Gasteiger partial charge in [0.15, 0.2) is 0 Å². The fraction of sp³-hybridized carbons (Fsp3) is 0.0588. The zero-order chi connectivity index (χ0) is 15.0. The quantitative estimate of drug-likeness (QED) is 0.754. The number of benzene rings is 2. The summed E-state index contributed by atoms with van der Waals surface area (Å²) in [4.78, 5) is 15.5. The van der Waals surface area contributed by atoms with Gasteiger partial charge in [0.2, 0.25) is 0 Å². The molecule has 0 amide bonds. The second kappa shape index (κ2) is 5.19. The third-order valence-corrected chi connectivity index (χ3v) is 3.81. The summed E-state index contributed by atoms with van der Waals surface area (Å²) < 4.78 is 0. The van der Waals surface area contributed by atoms with E-state index in [0.717, 1.165) is 27.6 Å². The lowest BCUT2D eigenvalue weighted by atomic mass is 9.96. The van der Waals surface area contributed by atoms with E-state index < -0.39 is 5.97 Å². The number of carboxylic acids is 1. The van der Waals surface area contributed by atoms with Crippen molar-refractivity contribution in [1.29, 1.82) is 0 Å². The molecule has 3 nitrogen and oxygen atoms in total. The number of aryl methyl sites for hydroxylation is 1. The van der Waals surface area contributed by atoms with Gasteiger partial charge >= 0.3 is 5.97 Å². The van der Waals surface area contributed by atoms with E-state index in [1.807, 2.05) is 31.2 Å². The molecule has 0 unspecified atom stereocenters. The van der Waals surface area contributed by atoms with Gasteiger partial charge in [0.25, 0.3) is 0 Å². The van der Waals surface area contributed by atoms with Gasteiger partial charge in [0, 0.05) is 28.0 Å². The molecular formula is C17H12ClNO2. The molecule has 1 aromatic heterocycles. The standard InChI is InChI=1S/C17H12ClNO2/c1-10-13(3-2-8-19-10)16-14-9-12(17(20)21)5-4-11(14)6-7-15(16)18/h2-9H,1H3,(H,20,21). The van der Waals surface area contributed by atoms with Crippen LogP contribution in [0.2, 0.25) is 5.02 Å². The molecule has 2 aromatic carbocycles. The molecule has 4 heteroatoms. The minimum absolute atomic E-state index is 0.243. The van der Waals surface area contributed by atoms with E-state index in [9.17, 15) is 9.90 Å². The minimum atomic E-state index is -0.953. The van der Waals surface area contributed by atoms with E-state index in [1.165, 1.54) is 0 Å². The van der Waals surface area contributed by atoms with Crippen LogP contribution in [0.5, 0.6) is 0 Å². The third kappa shape index (κ3) is 2.36. The van der Waals surface area contributed by atoms with Crippen LogP contribution in [0.4, 0.5) is 0 Å². The number of carbonyl (C=O) groups is 1. The van der Waals surface area contributed by atoms with Crippen molar-refractivity contribution in [2.24, 2.45) is 0 Å². The molecule has 104 valence electrons. The molecule has 3 aromatic rings. The molecule has 0 saturated heterocycles. The molecule has 0 saturated carbocycles. The Morgan fingerprint density at radius 3 is 2.67 bits per heavy atom. The smallest absolute Gasteiger partial charge is 0.335 e. The zero-order valence-corrected chi connectivity index (χ0v) is 12.1. The first kappa shape index (κ1) is 13.6. The molecule has 3 rings (SSSR count). The Kier molecular flexibility index (Phi) is 3.35. The van der Waals surface area contributed by atoms with Crippen LogP contribution in [0.1, 0.15) is 16.1 Å². The number of pyridine rings is 1. The van der Waals surface area contributed by atoms with Crippen LogP contribution in [0, 0.1) is 6.92 Å². The fourth-order valence-corrected chi connectivity index (χ4v) is 2.71. The Bertz CT molecular complexity index is 859. The van der Waals surface area contributed by atoms with Crippen molar-refractivity contribution in [3.05, 3.63) is 64.9 Å². The molecule has 0 aliphatic heterocycles. The predicted molar refractivity (Wildman–Crippen MR) is 83.9 cm³/mol. The second-order valence-electron chi connectivity index (χ2n) is 4.80. The highest BCUT2D eigenvalue weighted by Crippen LogP contribution is 2.36. The number of hydrogen-bond donors (Lipinski definition) is 1. The highest BCUT2D eigenvalue weighted by atomic mass is 35.5. The Labute approximate surface area is 126 Å². The molecule has 0 aliphatic carbocycles. The maximum Gasteiger partial charge on any atom is 0.335 e. The van der Waals surface area contributed by atoms with E-state index in [0.29, 0.717) is 5.02 Å². The van der Waals surface area contributed by atoms with Crippen molar-refractivity contribution in [3.63, 3.8) is 0 Å². The lowest BCUT2D eigenvalue weighted by Crippen LogP contribution is -1.96. The third-order valence-electron chi connectivity index (χ3n) is 3.49. The normalized spacial score (nSPS) is 10.8. The first-order valence-corrected chi connectivity index (χ1v) is 6.83. The molecule has 1 N–H and O–H groups in total. The van der Waals surface area contributed by atoms with Crippen molar-refractivity contribution in [2.45, 2.75) is 6.92 Å². The summed E-state index contributed by atoms with van der Waals surface area (Å²) in [7, 11) is 0. The van der Waals surface area contributed by atoms with Gasteiger partial charge in [-0.15, -0.1) is 0 Å². The van der Waals surface area contributed by atoms with Gasteiger partial charge < -0.3 is 5.11 Å². The topological polar surface area (TPSA) is 50.2 Å². The van der Waals surface area contributed by atoms with Crippen LogP contribution < -0.4 is 0 Å². The Morgan fingerprint density at radius 2 is 1.95 bits per heavy atom. The van der Waals surface area contributed by atoms with Gasteiger partial charge in [-0.1, -0.05) is 29.8 Å². The van der Waals surface area contributed by atoms with E-state index in [2.05, 4.69) is 4.98 Å². The van der Waals surface area contributed by atoms with Crippen LogP contribution in [-0.4, -0.2) is 16.1 Å². The summed E-state index contributed by atoms with van der Waals surface area (Å²) in [5.41, 5.74) is 2.83. The molecule has 0 spiro atoms. The lowest BCUT2D eigenvalue weighted by molar-refractivity contribution is 0.0697. The van der Waals surface area contributed by atoms with Gasteiger partial charge in [0.1, 0.15) is 0 Å². The van der Waals surface area contributed by atoms with Gasteiger partial charge in [-0.05, 0) is 42.0 Å². The van der Waals surface area contributed by atoms with Crippen LogP contribution in [0.25, 0.3) is 21.9 Å². The number of carboxylic acid groups (broad SMARTS) is 1. The maximum atomic E-state index is 11.2. The average Bonchev–Trinajstić information content (AvgIpc) is 2.48. The van der Waals surface area contributed by atoms with Crippen molar-refractivity contribution < 1.29 is 9.90 Å². The number of nitrogens with zero attached hydrogens (tertiary/aromatic N) is 1. The summed E-state index contributed by atoms with van der Waals surface area (Å²) in [6, 6.07) is 12.5. The van der Waals surface area contributed by atoms with Crippen molar-refractivity contribution in [3.8, 4) is 11.1 Å². The highest BCUT2D eigenvalue weighted by molar-refractivity contribution is 6.35. The Balaban J connectivity index is 2.40. The number of rotatable bonds is 2. The molecule has 0 bridgehead atoms. The zero-order valence-electron chi connectivity index (χ0n) is 11.3. The summed E-state index contributed by atoms with van der Waals surface area (Å²) in [5, 5.41) is 11.5. The first-order chi connectivity index (χ1) is 10.1. The second-order valence-corrected chi connectivity index (χ2v) is 5.21. The van der Waals surface area contributed by atoms with E-state index >= 15 is 0 Å². The van der Waals surface area contributed by atoms with Crippen LogP contribution >= 0.6 is 11.6 Å². The summed E-state index contributed by atoms with van der Waals surface area (Å²) in [6.07, 6.45) is 1.72.